The molecule has 0 bridgehead atoms. The van der Waals surface area contributed by atoms with Crippen LogP contribution in [-0.2, 0) is 0 Å². The van der Waals surface area contributed by atoms with Crippen LogP contribution in [0.2, 0.25) is 0 Å². The molecule has 3 amide bonds. The third kappa shape index (κ3) is 3.81. The molecule has 0 aromatic heterocycles. The quantitative estimate of drug-likeness (QED) is 0.467. The second-order valence-electron chi connectivity index (χ2n) is 3.28. The lowest BCUT2D eigenvalue weighted by molar-refractivity contribution is 0.0999. The Morgan fingerprint density at radius 3 is 1.10 bits per heavy atom. The monoisotopic (exact) mass is 285 g/mol. The van der Waals surface area contributed by atoms with Gasteiger partial charge in [-0.1, -0.05) is 0 Å². The van der Waals surface area contributed by atoms with E-state index >= 15 is 0 Å². The molecule has 0 spiro atoms. The maximum Gasteiger partial charge on any atom is 0.249 e. The number of carbonyl (C=O) groups is 3. The first kappa shape index (κ1) is 15.2. The number of benzene rings is 1. The zero-order chi connectivity index (χ0) is 15.8. The van der Waals surface area contributed by atoms with Crippen molar-refractivity contribution in [3.63, 3.8) is 0 Å². The molecule has 102 valence electrons. The first-order valence-electron chi connectivity index (χ1n) is 4.97. The molecule has 0 heterocycles. The molecule has 0 atom stereocenters. The van der Waals surface area contributed by atoms with Crippen molar-refractivity contribution in [2.75, 3.05) is 0 Å². The summed E-state index contributed by atoms with van der Waals surface area (Å²) in [6.07, 6.45) is 0. The molecule has 0 saturated carbocycles. The Labute approximate surface area is 114 Å². The molecule has 1 aromatic rings. The molecule has 12 nitrogen and oxygen atoms in total. The lowest BCUT2D eigenvalue weighted by Crippen LogP contribution is -2.04. The van der Waals surface area contributed by atoms with Crippen LogP contribution in [0.5, 0.6) is 0 Å². The first-order chi connectivity index (χ1) is 10.0. The van der Waals surface area contributed by atoms with Gasteiger partial charge in [0.05, 0.1) is 0 Å². The van der Waals surface area contributed by atoms with Gasteiger partial charge < -0.3 is 0 Å². The Morgan fingerprint density at radius 2 is 0.905 bits per heavy atom. The molecular formula is C9H3N9O3. The van der Waals surface area contributed by atoms with Crippen LogP contribution in [0.3, 0.4) is 0 Å². The van der Waals surface area contributed by atoms with Crippen LogP contribution in [0.4, 0.5) is 0 Å². The van der Waals surface area contributed by atoms with Crippen LogP contribution in [0.15, 0.2) is 33.5 Å². The molecule has 0 aliphatic carbocycles. The van der Waals surface area contributed by atoms with Crippen LogP contribution < -0.4 is 0 Å². The summed E-state index contributed by atoms with van der Waals surface area (Å²) in [5.41, 5.74) is 23.7. The molecule has 0 aliphatic rings. The molecule has 0 radical (unpaired) electrons. The van der Waals surface area contributed by atoms with E-state index in [9.17, 15) is 14.4 Å². The molecule has 0 saturated heterocycles. The Hall–Kier alpha value is -3.84. The molecule has 0 N–H and O–H groups in total. The van der Waals surface area contributed by atoms with E-state index in [2.05, 4.69) is 30.1 Å². The van der Waals surface area contributed by atoms with Gasteiger partial charge in [-0.25, -0.2) is 0 Å². The summed E-state index contributed by atoms with van der Waals surface area (Å²) in [5, 5.41) is 8.40. The summed E-state index contributed by atoms with van der Waals surface area (Å²) in [5.74, 6) is -3.20. The molecule has 0 unspecified atom stereocenters. The van der Waals surface area contributed by atoms with Crippen LogP contribution in [-0.4, -0.2) is 17.7 Å². The second kappa shape index (κ2) is 6.92. The van der Waals surface area contributed by atoms with Crippen molar-refractivity contribution < 1.29 is 14.4 Å². The van der Waals surface area contributed by atoms with Gasteiger partial charge in [-0.3, -0.25) is 14.4 Å². The fraction of sp³-hybridized carbons (Fsp3) is 0. The molecule has 1 rings (SSSR count). The number of azide groups is 3. The topological polar surface area (TPSA) is 197 Å². The van der Waals surface area contributed by atoms with Crippen molar-refractivity contribution in [1.29, 1.82) is 0 Å². The van der Waals surface area contributed by atoms with Crippen molar-refractivity contribution in [2.45, 2.75) is 0 Å². The maximum absolute atomic E-state index is 11.5. The molecule has 12 heteroatoms. The lowest BCUT2D eigenvalue weighted by Gasteiger charge is -2.02. The zero-order valence-corrected chi connectivity index (χ0v) is 9.98. The van der Waals surface area contributed by atoms with Crippen LogP contribution in [0.1, 0.15) is 31.1 Å². The largest absolute Gasteiger partial charge is 0.287 e. The number of carbonyl (C=O) groups excluding carboxylic acids is 3. The summed E-state index contributed by atoms with van der Waals surface area (Å²) in [6.45, 7) is 0. The Balaban J connectivity index is 3.52. The van der Waals surface area contributed by atoms with Gasteiger partial charge in [-0.05, 0) is 50.1 Å². The Kier molecular flexibility index (Phi) is 5.02. The zero-order valence-electron chi connectivity index (χ0n) is 9.98. The normalized spacial score (nSPS) is 8.57. The van der Waals surface area contributed by atoms with Crippen molar-refractivity contribution >= 4 is 17.7 Å². The van der Waals surface area contributed by atoms with E-state index in [1.165, 1.54) is 0 Å². The fourth-order valence-corrected chi connectivity index (χ4v) is 1.29. The standard InChI is InChI=1S/C9H3N9O3/c10-16-13-7(19)4-1-5(8(20)14-17-11)3-6(2-4)9(21)15-18-12/h1-3H. The summed E-state index contributed by atoms with van der Waals surface area (Å²) < 4.78 is 0. The van der Waals surface area contributed by atoms with Crippen molar-refractivity contribution in [1.82, 2.24) is 0 Å². The van der Waals surface area contributed by atoms with Gasteiger partial charge in [0, 0.05) is 31.4 Å². The van der Waals surface area contributed by atoms with Gasteiger partial charge in [-0.2, -0.15) is 0 Å². The number of rotatable bonds is 3. The molecule has 21 heavy (non-hydrogen) atoms. The van der Waals surface area contributed by atoms with Crippen molar-refractivity contribution in [3.8, 4) is 0 Å². The first-order valence-corrected chi connectivity index (χ1v) is 4.97. The van der Waals surface area contributed by atoms with E-state index in [0.717, 1.165) is 18.2 Å². The highest BCUT2D eigenvalue weighted by Gasteiger charge is 2.14. The van der Waals surface area contributed by atoms with Gasteiger partial charge in [0.15, 0.2) is 0 Å². The van der Waals surface area contributed by atoms with Crippen LogP contribution >= 0.6 is 0 Å². The number of hydrogen-bond donors (Lipinski definition) is 0. The van der Waals surface area contributed by atoms with E-state index in [1.807, 2.05) is 0 Å². The van der Waals surface area contributed by atoms with Gasteiger partial charge in [0.25, 0.3) is 0 Å². The average molecular weight is 285 g/mol. The smallest absolute Gasteiger partial charge is 0.249 e. The third-order valence-corrected chi connectivity index (χ3v) is 2.08. The molecule has 0 aliphatic heterocycles. The summed E-state index contributed by atoms with van der Waals surface area (Å²) in [6, 6.07) is 2.92. The number of nitrogens with zero attached hydrogens (tertiary/aromatic N) is 9. The highest BCUT2D eigenvalue weighted by molar-refractivity contribution is 6.05. The van der Waals surface area contributed by atoms with E-state index in [0.29, 0.717) is 0 Å². The summed E-state index contributed by atoms with van der Waals surface area (Å²) >= 11 is 0. The van der Waals surface area contributed by atoms with E-state index < -0.39 is 17.7 Å². The number of hydrogen-bond acceptors (Lipinski definition) is 3. The summed E-state index contributed by atoms with van der Waals surface area (Å²) in [7, 11) is 0. The van der Waals surface area contributed by atoms with Crippen molar-refractivity contribution in [3.05, 3.63) is 66.2 Å². The Bertz CT molecular complexity index is 663. The number of amides is 3. The van der Waals surface area contributed by atoms with E-state index in [4.69, 9.17) is 16.6 Å². The minimum Gasteiger partial charge on any atom is -0.287 e. The second-order valence-corrected chi connectivity index (χ2v) is 3.28. The fourth-order valence-electron chi connectivity index (χ4n) is 1.29. The van der Waals surface area contributed by atoms with Gasteiger partial charge in [0.1, 0.15) is 0 Å². The third-order valence-electron chi connectivity index (χ3n) is 2.08. The van der Waals surface area contributed by atoms with E-state index in [1.54, 1.807) is 0 Å². The predicted molar refractivity (Wildman–Crippen MR) is 66.9 cm³/mol. The van der Waals surface area contributed by atoms with Gasteiger partial charge in [0.2, 0.25) is 17.7 Å². The average Bonchev–Trinajstić information content (AvgIpc) is 2.47. The van der Waals surface area contributed by atoms with E-state index in [-0.39, 0.29) is 16.7 Å². The van der Waals surface area contributed by atoms with Crippen LogP contribution in [0, 0.1) is 0 Å². The Morgan fingerprint density at radius 1 is 0.667 bits per heavy atom. The lowest BCUT2D eigenvalue weighted by atomic mass is 10.0. The molecular weight excluding hydrogens is 282 g/mol. The van der Waals surface area contributed by atoms with Crippen molar-refractivity contribution in [2.24, 2.45) is 15.3 Å². The minimum absolute atomic E-state index is 0.303. The minimum atomic E-state index is -1.07. The maximum atomic E-state index is 11.5. The van der Waals surface area contributed by atoms with Gasteiger partial charge >= 0.3 is 0 Å². The van der Waals surface area contributed by atoms with Crippen LogP contribution in [0.25, 0.3) is 31.3 Å². The predicted octanol–water partition coefficient (Wildman–Crippen LogP) is 3.04. The summed E-state index contributed by atoms with van der Waals surface area (Å²) in [4.78, 5) is 41.2. The van der Waals surface area contributed by atoms with Gasteiger partial charge in [-0.15, -0.1) is 0 Å². The highest BCUT2D eigenvalue weighted by Crippen LogP contribution is 2.14. The SMILES string of the molecule is [N-]=[N+]=NC(=O)c1cc(C(=O)N=[N+]=[N-])cc(C(=O)N=[N+]=[N-])c1. The molecule has 1 aromatic carbocycles. The highest BCUT2D eigenvalue weighted by atomic mass is 16.2. The molecule has 0 fully saturated rings.